The molecule has 0 amide bonds. The van der Waals surface area contributed by atoms with E-state index in [-0.39, 0.29) is 0 Å². The molecule has 0 fully saturated rings. The predicted octanol–water partition coefficient (Wildman–Crippen LogP) is 25.9. The fourth-order valence-corrected chi connectivity index (χ4v) is 12.1. The lowest BCUT2D eigenvalue weighted by Crippen LogP contribution is -2.15. The first-order valence-corrected chi connectivity index (χ1v) is 27.8. The minimum absolute atomic E-state index is 0.423. The van der Waals surface area contributed by atoms with E-state index < -0.39 is 524 Å². The van der Waals surface area contributed by atoms with Crippen LogP contribution < -0.4 is 0 Å². The van der Waals surface area contributed by atoms with Crippen LogP contribution in [0.2, 0.25) is 0 Å². The summed E-state index contributed by atoms with van der Waals surface area (Å²) in [5, 5.41) is -11.3. The minimum atomic E-state index is -3.46. The van der Waals surface area contributed by atoms with Crippen LogP contribution in [0.25, 0.3) is 186 Å². The van der Waals surface area contributed by atoms with Crippen LogP contribution in [0.5, 0.6) is 0 Å². The molecule has 0 saturated heterocycles. The van der Waals surface area contributed by atoms with Crippen LogP contribution >= 0.6 is 0 Å². The van der Waals surface area contributed by atoms with Gasteiger partial charge in [-0.25, -0.2) is 0 Å². The summed E-state index contributed by atoms with van der Waals surface area (Å²) in [5.74, 6) is 0. The molecule has 1 aliphatic rings. The van der Waals surface area contributed by atoms with Gasteiger partial charge in [0.05, 0.1) is 71.3 Å². The maximum Gasteiger partial charge on any atom is 0.135 e. The van der Waals surface area contributed by atoms with Crippen LogP contribution in [-0.4, -0.2) is 0 Å². The monoisotopic (exact) mass is 1240 g/mol. The molecule has 2 aromatic heterocycles. The molecule has 0 saturated carbocycles. The molecule has 1 atom stereocenters. The Labute approximate surface area is 614 Å². The summed E-state index contributed by atoms with van der Waals surface area (Å²) in [6, 6.07) is -47.5. The number of rotatable bonds is 5. The van der Waals surface area contributed by atoms with E-state index in [1.807, 2.05) is 0 Å². The summed E-state index contributed by atoms with van der Waals surface area (Å²) < 4.78 is 510. The molecule has 93 heavy (non-hydrogen) atoms. The Morgan fingerprint density at radius 2 is 0.613 bits per heavy atom. The van der Waals surface area contributed by atoms with Gasteiger partial charge in [0.25, 0.3) is 0 Å². The quantitative estimate of drug-likeness (QED) is 0.127. The van der Waals surface area contributed by atoms with Gasteiger partial charge in [0, 0.05) is 31.1 Å². The van der Waals surface area contributed by atoms with Crippen molar-refractivity contribution in [3.05, 3.63) is 325 Å². The smallest absolute Gasteiger partial charge is 0.135 e. The fraction of sp³-hybridized carbons (Fsp3) is 0.0330. The second-order valence-electron chi connectivity index (χ2n) is 21.1. The van der Waals surface area contributed by atoms with E-state index in [4.69, 9.17) is 55.4 Å². The Hall–Kier alpha value is -11.8. The van der Waals surface area contributed by atoms with Gasteiger partial charge in [-0.2, -0.15) is 0 Å². The van der Waals surface area contributed by atoms with Gasteiger partial charge >= 0.3 is 0 Å². The highest BCUT2D eigenvalue weighted by Gasteiger charge is 2.36. The van der Waals surface area contributed by atoms with E-state index in [9.17, 15) is 28.8 Å². The first kappa shape index (κ1) is 21.9. The van der Waals surface area contributed by atoms with Crippen molar-refractivity contribution in [3.63, 3.8) is 0 Å². The van der Waals surface area contributed by atoms with Crippen LogP contribution in [0.15, 0.2) is 323 Å². The third-order valence-corrected chi connectivity index (χ3v) is 16.1. The second kappa shape index (κ2) is 20.6. The minimum Gasteiger partial charge on any atom is -0.456 e. The van der Waals surface area contributed by atoms with Gasteiger partial charge in [0.1, 0.15) is 22.3 Å². The average Bonchev–Trinajstić information content (AvgIpc) is 1.52. The molecule has 0 spiro atoms. The molecular formula is C91H58O2. The molecule has 0 N–H and O–H groups in total. The molecule has 0 radical (unpaired) electrons. The van der Waals surface area contributed by atoms with E-state index in [2.05, 4.69) is 0 Å². The van der Waals surface area contributed by atoms with E-state index in [1.165, 1.54) is 0 Å². The highest BCUT2D eigenvalue weighted by atomic mass is 16.3. The van der Waals surface area contributed by atoms with Crippen LogP contribution in [0.4, 0.5) is 0 Å². The largest absolute Gasteiger partial charge is 0.456 e. The standard InChI is InChI=1S/C47H32O.C44H26O/c1-47(2)41-27-30(29-12-4-3-5-13-29)20-23-33(41)34-24-21-32(28-42(34)47)46-38-17-8-6-15-36(38)45(37-16-7-9-18-39(37)46)31-22-25-44-40(26-31)35-14-10-11-19-43(35)48-44;1-2-12-30-27(11-1)21-22-28-26-39(31-13-3-4-15-33(31)42(28)30)44-36-18-7-5-16-34(36)43(35-17-6-8-19-37(35)44)29-23-24-41-38(25-29)32-14-9-10-20-40(32)45-41/h3-28H,1-2H3;1-26H/i1D3,3D,4D,5D,6D,7D,8D,9D,10D,11D,12D,13D,14D,15D,16D,17D,18D,19D,20D,21D,22D,23D,24D,25D,26D,27D,28D;1D,2D,3D,4D,5D,6D,7D,8D,9D,10D,11D,12D,13D,14D,15D,16D,17D,18D,19D,20D,21D,22D,23D,24D,25D,26D. The molecule has 20 rings (SSSR count). The average molecular weight is 1240 g/mol. The second-order valence-corrected chi connectivity index (χ2v) is 21.1. The van der Waals surface area contributed by atoms with Crippen molar-refractivity contribution in [2.75, 3.05) is 0 Å². The first-order valence-electron chi connectivity index (χ1n) is 55.3. The molecule has 0 bridgehead atoms. The molecule has 19 aromatic rings. The third-order valence-electron chi connectivity index (χ3n) is 16.1. The van der Waals surface area contributed by atoms with Crippen LogP contribution in [0.3, 0.4) is 0 Å². The third kappa shape index (κ3) is 8.15. The van der Waals surface area contributed by atoms with Gasteiger partial charge in [-0.05, 0) is 208 Å². The van der Waals surface area contributed by atoms with E-state index in [1.54, 1.807) is 0 Å². The number of benzene rings is 17. The van der Waals surface area contributed by atoms with Crippen molar-refractivity contribution in [1.82, 2.24) is 0 Å². The molecule has 2 nitrogen and oxygen atoms in total. The fourth-order valence-electron chi connectivity index (χ4n) is 12.1. The predicted molar refractivity (Wildman–Crippen MR) is 395 cm³/mol. The summed E-state index contributed by atoms with van der Waals surface area (Å²) in [4.78, 5) is 0. The van der Waals surface area contributed by atoms with Crippen molar-refractivity contribution in [2.24, 2.45) is 0 Å². The lowest BCUT2D eigenvalue weighted by Gasteiger charge is -2.23. The summed E-state index contributed by atoms with van der Waals surface area (Å²) in [5.41, 5.74) is -15.2. The first-order chi connectivity index (χ1) is 68.8. The van der Waals surface area contributed by atoms with Gasteiger partial charge in [0.2, 0.25) is 0 Å². The lowest BCUT2D eigenvalue weighted by atomic mass is 9.80. The maximum absolute atomic E-state index is 10.1. The molecule has 17 aromatic carbocycles. The Morgan fingerprint density at radius 3 is 1.12 bits per heavy atom. The van der Waals surface area contributed by atoms with Crippen molar-refractivity contribution in [3.8, 4) is 66.8 Å². The maximum atomic E-state index is 10.1. The zero-order chi connectivity index (χ0) is 109. The SMILES string of the molecule is [2H]c1c([2H])c([2H])c(-c2c([2H])c([2H])c3c(c2[2H])C(C)(C([2H])([2H])[2H])c2c([2H])c(-c4c5c([2H])c([2H])c([2H])c([2H])c5c(-c5c([2H])c([2H])c6oc7c([2H])c([2H])c([2H])c([2H])c7c6c5[2H])c5c([2H])c([2H])c([2H])c([2H])c45)c([2H])c([2H])c2-3)c([2H])c1[2H].[2H]c1c([2H])c([2H])c2c(oc3c([2H])c([2H])c(-c4c5c([2H])c([2H])c([2H])c([2H])c5c(-c5c([2H])c6c([2H])c([2H])c7c([2H])c([2H])c([2H])c([2H])c7c6c6c([2H])c([2H])c([2H])c([2H])c56)c5c([2H])c([2H])c([2H])c([2H])c45)c([2H])c32)c1[2H]. The lowest BCUT2D eigenvalue weighted by molar-refractivity contribution is 0.661. The molecule has 0 aliphatic heterocycles. The van der Waals surface area contributed by atoms with Gasteiger partial charge in [-0.15, -0.1) is 0 Å². The van der Waals surface area contributed by atoms with E-state index in [0.29, 0.717) is 0 Å². The molecule has 2 heteroatoms. The zero-order valence-electron chi connectivity index (χ0n) is 102. The summed E-state index contributed by atoms with van der Waals surface area (Å²) in [6.07, 6.45) is 0. The zero-order valence-corrected chi connectivity index (χ0v) is 46.8. The Balaban J connectivity index is 0.000000187. The normalized spacial score (nSPS) is 22.2. The molecule has 434 valence electrons. The van der Waals surface area contributed by atoms with Crippen molar-refractivity contribution in [1.29, 1.82) is 0 Å². The van der Waals surface area contributed by atoms with Crippen LogP contribution in [0.1, 0.15) is 100 Å². The Kier molecular flexibility index (Phi) is 4.86. The van der Waals surface area contributed by atoms with Crippen molar-refractivity contribution >= 4 is 119 Å². The van der Waals surface area contributed by atoms with Gasteiger partial charge < -0.3 is 8.83 Å². The van der Waals surface area contributed by atoms with E-state index >= 15 is 0 Å². The molecule has 1 unspecified atom stereocenters. The van der Waals surface area contributed by atoms with Crippen LogP contribution in [0, 0.1) is 0 Å². The van der Waals surface area contributed by atoms with E-state index in [0.717, 1.165) is 6.92 Å². The number of hydrogen-bond acceptors (Lipinski definition) is 2. The highest BCUT2D eigenvalue weighted by Crippen LogP contribution is 2.54. The number of para-hydroxylation sites is 2. The molecular weight excluding hydrogens is 1120 g/mol. The van der Waals surface area contributed by atoms with Gasteiger partial charge in [0.15, 0.2) is 0 Å². The highest BCUT2D eigenvalue weighted by molar-refractivity contribution is 6.29. The molecule has 1 aliphatic carbocycles. The Morgan fingerprint density at radius 1 is 0.247 bits per heavy atom. The van der Waals surface area contributed by atoms with Crippen molar-refractivity contribution < 1.29 is 84.2 Å². The van der Waals surface area contributed by atoms with Gasteiger partial charge in [-0.1, -0.05) is 274 Å². The molecule has 2 heterocycles. The summed E-state index contributed by atoms with van der Waals surface area (Å²) in [7, 11) is 0. The number of hydrogen-bond donors (Lipinski definition) is 0. The number of fused-ring (bicyclic) bond motifs is 18. The number of furan rings is 2. The topological polar surface area (TPSA) is 26.3 Å². The van der Waals surface area contributed by atoms with Crippen molar-refractivity contribution in [2.45, 2.75) is 19.2 Å². The van der Waals surface area contributed by atoms with Crippen LogP contribution in [-0.2, 0) is 5.41 Å². The van der Waals surface area contributed by atoms with Gasteiger partial charge in [-0.3, -0.25) is 0 Å². The summed E-state index contributed by atoms with van der Waals surface area (Å²) >= 11 is 0. The summed E-state index contributed by atoms with van der Waals surface area (Å²) in [6.45, 7) is -2.47. The Bertz CT molecular complexity index is 9540.